The van der Waals surface area contributed by atoms with E-state index in [9.17, 15) is 5.11 Å². The van der Waals surface area contributed by atoms with Crippen LogP contribution in [0.2, 0.25) is 0 Å². The van der Waals surface area contributed by atoms with E-state index in [1.54, 1.807) is 0 Å². The Morgan fingerprint density at radius 1 is 1.44 bits per heavy atom. The molecule has 1 rings (SSSR count). The van der Waals surface area contributed by atoms with Gasteiger partial charge < -0.3 is 10.8 Å². The monoisotopic (exact) mass is 239 g/mol. The molecule has 3 N–H and O–H groups in total. The maximum Gasteiger partial charge on any atom is 0.0802 e. The third kappa shape index (κ3) is 4.56. The summed E-state index contributed by atoms with van der Waals surface area (Å²) in [5, 5.41) is 9.83. The first kappa shape index (κ1) is 13.6. The fraction of sp³-hybridized carbons (Fsp3) is 0.538. The van der Waals surface area contributed by atoms with E-state index in [2.05, 4.69) is 19.1 Å². The topological polar surface area (TPSA) is 46.2 Å². The number of aliphatic hydroxyl groups is 1. The minimum atomic E-state index is -0.420. The number of hydrogen-bond donors (Lipinski definition) is 2. The molecule has 0 bridgehead atoms. The third-order valence-corrected chi connectivity index (χ3v) is 3.53. The predicted octanol–water partition coefficient (Wildman–Crippen LogP) is 2.96. The molecule has 16 heavy (non-hydrogen) atoms. The van der Waals surface area contributed by atoms with Crippen LogP contribution in [0.3, 0.4) is 0 Å². The first-order valence-electron chi connectivity index (χ1n) is 5.88. The summed E-state index contributed by atoms with van der Waals surface area (Å²) in [5.41, 5.74) is 6.42. The molecule has 0 spiro atoms. The van der Waals surface area contributed by atoms with Gasteiger partial charge in [0.25, 0.3) is 0 Å². The van der Waals surface area contributed by atoms with Gasteiger partial charge in [-0.05, 0) is 42.8 Å². The molecule has 0 amide bonds. The van der Waals surface area contributed by atoms with Gasteiger partial charge in [0.2, 0.25) is 0 Å². The van der Waals surface area contributed by atoms with Crippen LogP contribution in [0.25, 0.3) is 0 Å². The Morgan fingerprint density at radius 3 is 2.94 bits per heavy atom. The summed E-state index contributed by atoms with van der Waals surface area (Å²) >= 11 is 1.85. The Labute approximate surface area is 102 Å². The molecule has 0 saturated carbocycles. The van der Waals surface area contributed by atoms with Crippen molar-refractivity contribution in [1.29, 1.82) is 0 Å². The van der Waals surface area contributed by atoms with E-state index in [1.165, 1.54) is 17.7 Å². The lowest BCUT2D eigenvalue weighted by Gasteiger charge is -2.10. The lowest BCUT2D eigenvalue weighted by molar-refractivity contribution is 0.170. The molecule has 0 aliphatic rings. The fourth-order valence-electron chi connectivity index (χ4n) is 1.47. The molecule has 0 saturated heterocycles. The zero-order valence-electron chi connectivity index (χ0n) is 9.86. The minimum absolute atomic E-state index is 0.420. The van der Waals surface area contributed by atoms with Crippen LogP contribution in [0, 0.1) is 0 Å². The second-order valence-corrected chi connectivity index (χ2v) is 5.04. The van der Waals surface area contributed by atoms with E-state index in [1.807, 2.05) is 23.9 Å². The quantitative estimate of drug-likeness (QED) is 0.568. The Kier molecular flexibility index (Phi) is 6.53. The van der Waals surface area contributed by atoms with E-state index in [0.717, 1.165) is 11.3 Å². The predicted molar refractivity (Wildman–Crippen MR) is 70.7 cm³/mol. The van der Waals surface area contributed by atoms with E-state index >= 15 is 0 Å². The first-order valence-corrected chi connectivity index (χ1v) is 6.87. The van der Waals surface area contributed by atoms with Gasteiger partial charge in [0.15, 0.2) is 0 Å². The van der Waals surface area contributed by atoms with Gasteiger partial charge >= 0.3 is 0 Å². The Bertz CT molecular complexity index is 304. The number of nitrogens with two attached hydrogens (primary N) is 1. The Morgan fingerprint density at radius 2 is 2.25 bits per heavy atom. The van der Waals surface area contributed by atoms with Crippen LogP contribution in [-0.2, 0) is 0 Å². The maximum absolute atomic E-state index is 9.83. The summed E-state index contributed by atoms with van der Waals surface area (Å²) in [4.78, 5) is 1.24. The van der Waals surface area contributed by atoms with Crippen molar-refractivity contribution in [2.75, 3.05) is 12.3 Å². The highest BCUT2D eigenvalue weighted by Crippen LogP contribution is 2.24. The van der Waals surface area contributed by atoms with Gasteiger partial charge in [0.1, 0.15) is 0 Å². The standard InChI is InChI=1S/C13H21NOS/c1-2-3-9-16-12-6-4-5-11(10-12)13(15)7-8-14/h4-6,10,13,15H,2-3,7-9,14H2,1H3/t13-/m1/s1. The van der Waals surface area contributed by atoms with Gasteiger partial charge in [-0.3, -0.25) is 0 Å². The SMILES string of the molecule is CCCCSc1cccc([C@H](O)CCN)c1. The molecule has 1 aromatic carbocycles. The van der Waals surface area contributed by atoms with E-state index in [4.69, 9.17) is 5.73 Å². The average Bonchev–Trinajstić information content (AvgIpc) is 2.30. The van der Waals surface area contributed by atoms with Gasteiger partial charge in [0, 0.05) is 4.90 Å². The van der Waals surface area contributed by atoms with Gasteiger partial charge in [0.05, 0.1) is 6.10 Å². The van der Waals surface area contributed by atoms with Crippen LogP contribution in [0.4, 0.5) is 0 Å². The fourth-order valence-corrected chi connectivity index (χ4v) is 2.53. The molecule has 3 heteroatoms. The zero-order chi connectivity index (χ0) is 11.8. The van der Waals surface area contributed by atoms with Crippen LogP contribution in [0.1, 0.15) is 37.9 Å². The molecule has 0 aromatic heterocycles. The minimum Gasteiger partial charge on any atom is -0.388 e. The summed E-state index contributed by atoms with van der Waals surface area (Å²) in [6.45, 7) is 2.72. The number of benzene rings is 1. The molecular formula is C13H21NOS. The molecule has 0 aliphatic heterocycles. The van der Waals surface area contributed by atoms with Crippen molar-refractivity contribution in [2.24, 2.45) is 5.73 Å². The lowest BCUT2D eigenvalue weighted by Crippen LogP contribution is -2.06. The number of thioether (sulfide) groups is 1. The number of unbranched alkanes of at least 4 members (excludes halogenated alkanes) is 1. The summed E-state index contributed by atoms with van der Waals surface area (Å²) in [6, 6.07) is 8.13. The van der Waals surface area contributed by atoms with Crippen LogP contribution in [-0.4, -0.2) is 17.4 Å². The molecular weight excluding hydrogens is 218 g/mol. The van der Waals surface area contributed by atoms with Crippen LogP contribution >= 0.6 is 11.8 Å². The normalized spacial score (nSPS) is 12.7. The lowest BCUT2D eigenvalue weighted by atomic mass is 10.1. The maximum atomic E-state index is 9.83. The molecule has 1 aromatic rings. The third-order valence-electron chi connectivity index (χ3n) is 2.45. The highest BCUT2D eigenvalue weighted by atomic mass is 32.2. The molecule has 0 aliphatic carbocycles. The van der Waals surface area contributed by atoms with Crippen LogP contribution in [0.5, 0.6) is 0 Å². The van der Waals surface area contributed by atoms with Crippen molar-refractivity contribution >= 4 is 11.8 Å². The van der Waals surface area contributed by atoms with Crippen molar-refractivity contribution in [3.05, 3.63) is 29.8 Å². The zero-order valence-corrected chi connectivity index (χ0v) is 10.7. The van der Waals surface area contributed by atoms with E-state index < -0.39 is 6.10 Å². The van der Waals surface area contributed by atoms with E-state index in [0.29, 0.717) is 13.0 Å². The highest BCUT2D eigenvalue weighted by Gasteiger charge is 2.06. The summed E-state index contributed by atoms with van der Waals surface area (Å²) in [7, 11) is 0. The smallest absolute Gasteiger partial charge is 0.0802 e. The second kappa shape index (κ2) is 7.71. The van der Waals surface area contributed by atoms with Gasteiger partial charge in [-0.1, -0.05) is 25.5 Å². The second-order valence-electron chi connectivity index (χ2n) is 3.87. The molecule has 0 unspecified atom stereocenters. The largest absolute Gasteiger partial charge is 0.388 e. The van der Waals surface area contributed by atoms with Crippen molar-refractivity contribution in [3.63, 3.8) is 0 Å². The summed E-state index contributed by atoms with van der Waals surface area (Å²) in [6.07, 6.45) is 2.67. The summed E-state index contributed by atoms with van der Waals surface area (Å²) in [5.74, 6) is 1.15. The Hall–Kier alpha value is -0.510. The molecule has 0 heterocycles. The van der Waals surface area contributed by atoms with Gasteiger partial charge in [-0.25, -0.2) is 0 Å². The molecule has 1 atom stereocenters. The van der Waals surface area contributed by atoms with Crippen molar-refractivity contribution in [3.8, 4) is 0 Å². The van der Waals surface area contributed by atoms with Crippen LogP contribution < -0.4 is 5.73 Å². The van der Waals surface area contributed by atoms with E-state index in [-0.39, 0.29) is 0 Å². The molecule has 90 valence electrons. The summed E-state index contributed by atoms with van der Waals surface area (Å²) < 4.78 is 0. The number of hydrogen-bond acceptors (Lipinski definition) is 3. The van der Waals surface area contributed by atoms with Crippen molar-refractivity contribution in [2.45, 2.75) is 37.2 Å². The van der Waals surface area contributed by atoms with Crippen molar-refractivity contribution < 1.29 is 5.11 Å². The van der Waals surface area contributed by atoms with Gasteiger partial charge in [-0.2, -0.15) is 0 Å². The van der Waals surface area contributed by atoms with Crippen molar-refractivity contribution in [1.82, 2.24) is 0 Å². The number of rotatable bonds is 7. The molecule has 2 nitrogen and oxygen atoms in total. The highest BCUT2D eigenvalue weighted by molar-refractivity contribution is 7.99. The first-order chi connectivity index (χ1) is 7.77. The van der Waals surface area contributed by atoms with Gasteiger partial charge in [-0.15, -0.1) is 11.8 Å². The Balaban J connectivity index is 2.56. The molecule has 0 radical (unpaired) electrons. The number of aliphatic hydroxyl groups excluding tert-OH is 1. The van der Waals surface area contributed by atoms with Crippen LogP contribution in [0.15, 0.2) is 29.2 Å². The average molecular weight is 239 g/mol. The molecule has 0 fully saturated rings.